The topological polar surface area (TPSA) is 48.9 Å². The summed E-state index contributed by atoms with van der Waals surface area (Å²) in [6, 6.07) is 0. The Hall–Kier alpha value is -0.780. The molecule has 5 nitrogen and oxygen atoms in total. The van der Waals surface area contributed by atoms with Crippen molar-refractivity contribution in [2.75, 3.05) is 0 Å². The maximum absolute atomic E-state index is 11.4. The van der Waals surface area contributed by atoms with Crippen LogP contribution in [0.25, 0.3) is 0 Å². The van der Waals surface area contributed by atoms with Gasteiger partial charge in [-0.1, -0.05) is 15.9 Å². The molecule has 0 unspecified atom stereocenters. The number of hydrogen-bond acceptors (Lipinski definition) is 2. The van der Waals surface area contributed by atoms with E-state index in [0.717, 1.165) is 6.42 Å². The van der Waals surface area contributed by atoms with E-state index in [1.165, 1.54) is 13.9 Å². The van der Waals surface area contributed by atoms with Crippen molar-refractivity contribution >= 4 is 15.9 Å². The lowest BCUT2D eigenvalue weighted by atomic mass is 10.5. The second kappa shape index (κ2) is 2.62. The molecule has 1 aromatic rings. The summed E-state index contributed by atoms with van der Waals surface area (Å²) in [6.07, 6.45) is 0.883. The summed E-state index contributed by atoms with van der Waals surface area (Å²) in [5.41, 5.74) is -0.152. The first-order chi connectivity index (χ1) is 5.75. The monoisotopic (exact) mass is 233 g/mol. The molecule has 1 aliphatic rings. The molecule has 1 aromatic heterocycles. The van der Waals surface area contributed by atoms with Crippen LogP contribution in [0.15, 0.2) is 9.59 Å². The van der Waals surface area contributed by atoms with E-state index in [9.17, 15) is 9.59 Å². The second-order valence-corrected chi connectivity index (χ2v) is 3.21. The Labute approximate surface area is 76.3 Å². The summed E-state index contributed by atoms with van der Waals surface area (Å²) in [5.74, 6) is 0. The van der Waals surface area contributed by atoms with Crippen molar-refractivity contribution in [1.82, 2.24) is 13.9 Å². The maximum Gasteiger partial charge on any atom is 0.347 e. The molecular formula is C6H8BrN3O2. The van der Waals surface area contributed by atoms with Crippen molar-refractivity contribution in [2.24, 2.45) is 0 Å². The van der Waals surface area contributed by atoms with E-state index >= 15 is 0 Å². The molecule has 0 bridgehead atoms. The van der Waals surface area contributed by atoms with Crippen LogP contribution < -0.4 is 11.4 Å². The molecule has 12 heavy (non-hydrogen) atoms. The van der Waals surface area contributed by atoms with Gasteiger partial charge in [-0.25, -0.2) is 23.5 Å². The Morgan fingerprint density at radius 2 is 1.67 bits per heavy atom. The van der Waals surface area contributed by atoms with Gasteiger partial charge in [-0.05, 0) is 6.42 Å². The number of nitrogens with zero attached hydrogens (tertiary/aromatic N) is 3. The molecule has 0 fully saturated rings. The first-order valence-corrected chi connectivity index (χ1v) is 4.84. The van der Waals surface area contributed by atoms with Gasteiger partial charge < -0.3 is 0 Å². The first-order valence-electron chi connectivity index (χ1n) is 3.72. The summed E-state index contributed by atoms with van der Waals surface area (Å²) in [4.78, 5) is 22.8. The summed E-state index contributed by atoms with van der Waals surface area (Å²) in [7, 11) is 0. The van der Waals surface area contributed by atoms with Crippen LogP contribution in [0, 0.1) is 0 Å². The molecule has 6 heteroatoms. The van der Waals surface area contributed by atoms with E-state index < -0.39 is 0 Å². The van der Waals surface area contributed by atoms with Gasteiger partial charge in [0.25, 0.3) is 0 Å². The molecule has 0 saturated heterocycles. The third kappa shape index (κ3) is 0.841. The van der Waals surface area contributed by atoms with Crippen molar-refractivity contribution in [3.63, 3.8) is 0 Å². The lowest BCUT2D eigenvalue weighted by Gasteiger charge is -1.90. The van der Waals surface area contributed by atoms with Gasteiger partial charge in [0, 0.05) is 13.1 Å². The largest absolute Gasteiger partial charge is 0.347 e. The molecular weight excluding hydrogens is 226 g/mol. The summed E-state index contributed by atoms with van der Waals surface area (Å²) in [5, 5.41) is 0. The minimum absolute atomic E-state index is 0.214. The normalized spacial score (nSPS) is 15.1. The minimum Gasteiger partial charge on any atom is -0.246 e. The van der Waals surface area contributed by atoms with Crippen LogP contribution in [-0.4, -0.2) is 13.9 Å². The Morgan fingerprint density at radius 3 is 2.08 bits per heavy atom. The summed E-state index contributed by atoms with van der Waals surface area (Å²) < 4.78 is 4.16. The SMILES string of the molecule is O=c1n(CBr)c(=O)n2n1CCC2. The smallest absolute Gasteiger partial charge is 0.246 e. The third-order valence-electron chi connectivity index (χ3n) is 2.05. The number of alkyl halides is 1. The molecule has 0 aromatic carbocycles. The van der Waals surface area contributed by atoms with Gasteiger partial charge in [-0.2, -0.15) is 0 Å². The average Bonchev–Trinajstić information content (AvgIpc) is 2.58. The minimum atomic E-state index is -0.214. The van der Waals surface area contributed by atoms with Crippen LogP contribution in [0.5, 0.6) is 0 Å². The summed E-state index contributed by atoms with van der Waals surface area (Å²) in [6.45, 7) is 1.32. The Morgan fingerprint density at radius 1 is 1.17 bits per heavy atom. The number of rotatable bonds is 1. The first kappa shape index (κ1) is 7.85. The maximum atomic E-state index is 11.4. The standard InChI is InChI=1S/C6H8BrN3O2/c7-4-8-5(11)9-2-1-3-10(9)6(8)12/h1-4H2. The van der Waals surface area contributed by atoms with Crippen molar-refractivity contribution < 1.29 is 0 Å². The van der Waals surface area contributed by atoms with Crippen molar-refractivity contribution in [2.45, 2.75) is 25.0 Å². The molecule has 0 saturated carbocycles. The van der Waals surface area contributed by atoms with E-state index in [-0.39, 0.29) is 16.8 Å². The highest BCUT2D eigenvalue weighted by Gasteiger charge is 2.18. The molecule has 0 N–H and O–H groups in total. The van der Waals surface area contributed by atoms with E-state index in [0.29, 0.717) is 13.1 Å². The zero-order valence-electron chi connectivity index (χ0n) is 6.36. The Kier molecular flexibility index (Phi) is 1.71. The molecule has 2 heterocycles. The van der Waals surface area contributed by atoms with Gasteiger partial charge >= 0.3 is 11.4 Å². The average molecular weight is 234 g/mol. The molecule has 0 atom stereocenters. The van der Waals surface area contributed by atoms with Gasteiger partial charge in [0.1, 0.15) is 0 Å². The predicted octanol–water partition coefficient (Wildman–Crippen LogP) is -0.432. The van der Waals surface area contributed by atoms with Gasteiger partial charge in [-0.15, -0.1) is 0 Å². The van der Waals surface area contributed by atoms with E-state index in [2.05, 4.69) is 15.9 Å². The molecule has 66 valence electrons. The number of halogens is 1. The Bertz CT molecular complexity index is 378. The fourth-order valence-electron chi connectivity index (χ4n) is 1.47. The highest BCUT2D eigenvalue weighted by Crippen LogP contribution is 1.98. The van der Waals surface area contributed by atoms with Crippen LogP contribution in [0.1, 0.15) is 6.42 Å². The highest BCUT2D eigenvalue weighted by atomic mass is 79.9. The molecule has 0 spiro atoms. The number of hydrogen-bond donors (Lipinski definition) is 0. The van der Waals surface area contributed by atoms with E-state index in [1.807, 2.05) is 0 Å². The lowest BCUT2D eigenvalue weighted by molar-refractivity contribution is 0.580. The van der Waals surface area contributed by atoms with Crippen molar-refractivity contribution in [1.29, 1.82) is 0 Å². The van der Waals surface area contributed by atoms with Crippen LogP contribution in [-0.2, 0) is 18.5 Å². The fourth-order valence-corrected chi connectivity index (χ4v) is 1.90. The van der Waals surface area contributed by atoms with Crippen LogP contribution in [0.4, 0.5) is 0 Å². The van der Waals surface area contributed by atoms with Gasteiger partial charge in [0.05, 0.1) is 5.45 Å². The molecule has 0 aliphatic carbocycles. The number of fused-ring (bicyclic) bond motifs is 1. The Balaban J connectivity index is 2.78. The van der Waals surface area contributed by atoms with Crippen LogP contribution >= 0.6 is 15.9 Å². The fraction of sp³-hybridized carbons (Fsp3) is 0.667. The van der Waals surface area contributed by atoms with Crippen molar-refractivity contribution in [3.8, 4) is 0 Å². The summed E-state index contributed by atoms with van der Waals surface area (Å²) >= 11 is 3.10. The predicted molar refractivity (Wildman–Crippen MR) is 46.5 cm³/mol. The third-order valence-corrected chi connectivity index (χ3v) is 2.56. The van der Waals surface area contributed by atoms with Crippen LogP contribution in [0.2, 0.25) is 0 Å². The number of aromatic nitrogens is 3. The van der Waals surface area contributed by atoms with E-state index in [4.69, 9.17) is 0 Å². The highest BCUT2D eigenvalue weighted by molar-refractivity contribution is 9.08. The van der Waals surface area contributed by atoms with Crippen molar-refractivity contribution in [3.05, 3.63) is 21.0 Å². The quantitative estimate of drug-likeness (QED) is 0.619. The lowest BCUT2D eigenvalue weighted by Crippen LogP contribution is -2.28. The van der Waals surface area contributed by atoms with Gasteiger partial charge in [-0.3, -0.25) is 0 Å². The van der Waals surface area contributed by atoms with Crippen LogP contribution in [0.3, 0.4) is 0 Å². The molecule has 0 radical (unpaired) electrons. The molecule has 1 aliphatic heterocycles. The van der Waals surface area contributed by atoms with Gasteiger partial charge in [0.15, 0.2) is 0 Å². The zero-order valence-corrected chi connectivity index (χ0v) is 7.95. The zero-order chi connectivity index (χ0) is 8.72. The second-order valence-electron chi connectivity index (χ2n) is 2.71. The van der Waals surface area contributed by atoms with Gasteiger partial charge in [0.2, 0.25) is 0 Å². The van der Waals surface area contributed by atoms with E-state index in [1.54, 1.807) is 0 Å². The molecule has 0 amide bonds. The molecule has 2 rings (SSSR count).